The van der Waals surface area contributed by atoms with E-state index in [0.29, 0.717) is 63.6 Å². The highest BCUT2D eigenvalue weighted by molar-refractivity contribution is 5.94. The first-order valence-electron chi connectivity index (χ1n) is 19.8. The lowest BCUT2D eigenvalue weighted by Crippen LogP contribution is -2.51. The van der Waals surface area contributed by atoms with Crippen molar-refractivity contribution in [2.75, 3.05) is 123 Å². The largest absolute Gasteiger partial charge is 0.465 e. The van der Waals surface area contributed by atoms with Crippen LogP contribution in [0.25, 0.3) is 0 Å². The molecule has 0 unspecified atom stereocenters. The minimum absolute atomic E-state index is 0.0631. The summed E-state index contributed by atoms with van der Waals surface area (Å²) in [4.78, 5) is 108. The van der Waals surface area contributed by atoms with Gasteiger partial charge in [-0.25, -0.2) is 4.79 Å². The molecule has 330 valence electrons. The first-order valence-corrected chi connectivity index (χ1v) is 19.8. The van der Waals surface area contributed by atoms with Crippen LogP contribution in [0.2, 0.25) is 0 Å². The standard InChI is InChI=1S/C39H62N8O12/c1-7-56-35(52)22-40-31(48)25-44-14-16-45(26-32(49)41-23-36(53)57-8-2)18-20-47(21-19-46(17-15-44)27-33(50)42-24-37(54)58-9-3)28-34(51)43-30-12-10-29(11-13-30)38(55)59-39(4,5)6/h10-13H,7-9,14-28H2,1-6H3,(H,40,48)(H,41,49)(H,42,50)(H,43,51). The third-order valence-electron chi connectivity index (χ3n) is 8.41. The van der Waals surface area contributed by atoms with Gasteiger partial charge in [-0.05, 0) is 65.8 Å². The van der Waals surface area contributed by atoms with E-state index < -0.39 is 47.2 Å². The first kappa shape index (κ1) is 50.0. The predicted molar refractivity (Wildman–Crippen MR) is 215 cm³/mol. The van der Waals surface area contributed by atoms with Crippen LogP contribution >= 0.6 is 0 Å². The Morgan fingerprint density at radius 3 is 1.10 bits per heavy atom. The molecule has 2 rings (SSSR count). The van der Waals surface area contributed by atoms with Crippen molar-refractivity contribution in [3.05, 3.63) is 29.8 Å². The summed E-state index contributed by atoms with van der Waals surface area (Å²) in [7, 11) is 0. The molecule has 0 radical (unpaired) electrons. The van der Waals surface area contributed by atoms with E-state index in [1.807, 2.05) is 19.6 Å². The third kappa shape index (κ3) is 22.5. The van der Waals surface area contributed by atoms with E-state index in [0.717, 1.165) is 0 Å². The molecule has 20 heteroatoms. The fourth-order valence-electron chi connectivity index (χ4n) is 5.57. The molecular formula is C39H62N8O12. The summed E-state index contributed by atoms with van der Waals surface area (Å²) in [6, 6.07) is 6.32. The zero-order chi connectivity index (χ0) is 43.8. The molecule has 0 saturated carbocycles. The average Bonchev–Trinajstić information content (AvgIpc) is 3.16. The maximum absolute atomic E-state index is 13.4. The van der Waals surface area contributed by atoms with E-state index in [1.165, 1.54) is 0 Å². The van der Waals surface area contributed by atoms with Gasteiger partial charge in [0, 0.05) is 58.0 Å². The molecule has 0 bridgehead atoms. The van der Waals surface area contributed by atoms with Gasteiger partial charge in [0.05, 0.1) is 51.6 Å². The van der Waals surface area contributed by atoms with E-state index in [4.69, 9.17) is 18.9 Å². The molecule has 4 amide bonds. The van der Waals surface area contributed by atoms with Crippen LogP contribution in [0, 0.1) is 0 Å². The predicted octanol–water partition coefficient (Wildman–Crippen LogP) is -1.16. The molecule has 1 aromatic rings. The van der Waals surface area contributed by atoms with Crippen LogP contribution in [0.15, 0.2) is 24.3 Å². The van der Waals surface area contributed by atoms with Crippen LogP contribution in [-0.4, -0.2) is 191 Å². The summed E-state index contributed by atoms with van der Waals surface area (Å²) in [6.45, 7) is 11.9. The summed E-state index contributed by atoms with van der Waals surface area (Å²) in [5.41, 5.74) is 0.121. The molecule has 1 aromatic carbocycles. The Morgan fingerprint density at radius 2 is 0.814 bits per heavy atom. The van der Waals surface area contributed by atoms with E-state index in [1.54, 1.807) is 65.8 Å². The van der Waals surface area contributed by atoms with Crippen molar-refractivity contribution in [2.24, 2.45) is 0 Å². The van der Waals surface area contributed by atoms with Crippen molar-refractivity contribution < 1.29 is 57.3 Å². The number of esters is 4. The molecule has 0 spiro atoms. The second-order valence-corrected chi connectivity index (χ2v) is 14.5. The van der Waals surface area contributed by atoms with Crippen molar-refractivity contribution in [1.29, 1.82) is 0 Å². The Labute approximate surface area is 345 Å². The first-order chi connectivity index (χ1) is 28.0. The Balaban J connectivity index is 2.28. The number of nitrogens with one attached hydrogen (secondary N) is 4. The molecule has 1 saturated heterocycles. The molecule has 4 N–H and O–H groups in total. The molecule has 1 heterocycles. The van der Waals surface area contributed by atoms with Crippen molar-refractivity contribution >= 4 is 53.2 Å². The minimum atomic E-state index is -0.668. The van der Waals surface area contributed by atoms with Gasteiger partial charge in [-0.3, -0.25) is 53.2 Å². The summed E-state index contributed by atoms with van der Waals surface area (Å²) in [6.07, 6.45) is 0. The minimum Gasteiger partial charge on any atom is -0.465 e. The van der Waals surface area contributed by atoms with Crippen LogP contribution in [-0.2, 0) is 52.5 Å². The van der Waals surface area contributed by atoms with Gasteiger partial charge in [-0.2, -0.15) is 0 Å². The van der Waals surface area contributed by atoms with Crippen LogP contribution in [0.3, 0.4) is 0 Å². The molecule has 0 aromatic heterocycles. The summed E-state index contributed by atoms with van der Waals surface area (Å²) >= 11 is 0. The molecular weight excluding hydrogens is 772 g/mol. The van der Waals surface area contributed by atoms with Crippen molar-refractivity contribution in [3.63, 3.8) is 0 Å². The second kappa shape index (κ2) is 26.7. The van der Waals surface area contributed by atoms with Gasteiger partial charge in [0.1, 0.15) is 25.2 Å². The van der Waals surface area contributed by atoms with Crippen LogP contribution in [0.5, 0.6) is 0 Å². The lowest BCUT2D eigenvalue weighted by Gasteiger charge is -2.33. The van der Waals surface area contributed by atoms with Crippen molar-refractivity contribution in [3.8, 4) is 0 Å². The summed E-state index contributed by atoms with van der Waals surface area (Å²) in [5, 5.41) is 10.5. The smallest absolute Gasteiger partial charge is 0.338 e. The summed E-state index contributed by atoms with van der Waals surface area (Å²) < 4.78 is 20.1. The lowest BCUT2D eigenvalue weighted by atomic mass is 10.1. The Hall–Kier alpha value is -5.18. The highest BCUT2D eigenvalue weighted by Crippen LogP contribution is 2.15. The van der Waals surface area contributed by atoms with Crippen molar-refractivity contribution in [1.82, 2.24) is 35.6 Å². The molecule has 59 heavy (non-hydrogen) atoms. The number of carbonyl (C=O) groups is 8. The number of benzene rings is 1. The Morgan fingerprint density at radius 1 is 0.508 bits per heavy atom. The fraction of sp³-hybridized carbons (Fsp3) is 0.641. The van der Waals surface area contributed by atoms with Crippen LogP contribution in [0.1, 0.15) is 51.9 Å². The summed E-state index contributed by atoms with van der Waals surface area (Å²) in [5.74, 6) is -3.86. The van der Waals surface area contributed by atoms with Gasteiger partial charge in [0.2, 0.25) is 23.6 Å². The monoisotopic (exact) mass is 834 g/mol. The van der Waals surface area contributed by atoms with Gasteiger partial charge >= 0.3 is 23.9 Å². The van der Waals surface area contributed by atoms with Gasteiger partial charge < -0.3 is 40.2 Å². The molecule has 1 aliphatic rings. The number of anilines is 1. The zero-order valence-corrected chi connectivity index (χ0v) is 35.2. The number of carbonyl (C=O) groups excluding carboxylic acids is 8. The normalized spacial score (nSPS) is 15.0. The lowest BCUT2D eigenvalue weighted by molar-refractivity contribution is -0.144. The zero-order valence-electron chi connectivity index (χ0n) is 35.2. The van der Waals surface area contributed by atoms with E-state index in [9.17, 15) is 38.4 Å². The fourth-order valence-corrected chi connectivity index (χ4v) is 5.57. The Bertz CT molecular complexity index is 1500. The molecule has 0 aliphatic carbocycles. The number of rotatable bonds is 19. The number of hydrogen-bond donors (Lipinski definition) is 4. The van der Waals surface area contributed by atoms with Crippen LogP contribution in [0.4, 0.5) is 5.69 Å². The van der Waals surface area contributed by atoms with Gasteiger partial charge in [0.25, 0.3) is 0 Å². The molecule has 20 nitrogen and oxygen atoms in total. The van der Waals surface area contributed by atoms with Gasteiger partial charge in [0.15, 0.2) is 0 Å². The average molecular weight is 835 g/mol. The molecule has 1 fully saturated rings. The van der Waals surface area contributed by atoms with Crippen LogP contribution < -0.4 is 21.3 Å². The van der Waals surface area contributed by atoms with E-state index in [2.05, 4.69) is 21.3 Å². The highest BCUT2D eigenvalue weighted by atomic mass is 16.6. The quantitative estimate of drug-likeness (QED) is 0.0951. The Kier molecular flexibility index (Phi) is 22.7. The highest BCUT2D eigenvalue weighted by Gasteiger charge is 2.23. The number of ether oxygens (including phenoxy) is 4. The molecule has 1 aliphatic heterocycles. The van der Waals surface area contributed by atoms with E-state index >= 15 is 0 Å². The maximum atomic E-state index is 13.4. The third-order valence-corrected chi connectivity index (χ3v) is 8.41. The van der Waals surface area contributed by atoms with E-state index in [-0.39, 0.29) is 71.5 Å². The topological polar surface area (TPSA) is 235 Å². The molecule has 0 atom stereocenters. The SMILES string of the molecule is CCOC(=O)CNC(=O)CN1CCN(CC(=O)NCC(=O)OCC)CCN(CC(=O)Nc2ccc(C(=O)OC(C)(C)C)cc2)CCN(CC(=O)NCC(=O)OCC)CC1. The number of amides is 4. The number of hydrogen-bond acceptors (Lipinski definition) is 16. The van der Waals surface area contributed by atoms with Gasteiger partial charge in [-0.1, -0.05) is 0 Å². The second-order valence-electron chi connectivity index (χ2n) is 14.5. The van der Waals surface area contributed by atoms with Crippen molar-refractivity contribution in [2.45, 2.75) is 47.1 Å². The van der Waals surface area contributed by atoms with Gasteiger partial charge in [-0.15, -0.1) is 0 Å². The maximum Gasteiger partial charge on any atom is 0.338 e. The number of nitrogens with zero attached hydrogens (tertiary/aromatic N) is 4.